The summed E-state index contributed by atoms with van der Waals surface area (Å²) in [6, 6.07) is 0. The molecule has 4 heteroatoms. The number of hydroxylamine groups is 2. The van der Waals surface area contributed by atoms with E-state index >= 15 is 0 Å². The maximum absolute atomic E-state index is 8.89. The van der Waals surface area contributed by atoms with E-state index in [0.29, 0.717) is 5.06 Å². The minimum Gasteiger partial charge on any atom is -0.550 e. The van der Waals surface area contributed by atoms with Crippen LogP contribution in [-0.2, 0) is 4.79 Å². The molecule has 0 aliphatic rings. The van der Waals surface area contributed by atoms with Crippen LogP contribution < -0.4 is 10.2 Å². The van der Waals surface area contributed by atoms with Crippen LogP contribution in [0.25, 0.3) is 0 Å². The molecule has 0 spiro atoms. The van der Waals surface area contributed by atoms with E-state index in [-0.39, 0.29) is 0 Å². The first-order valence-electron chi connectivity index (χ1n) is 2.69. The molecule has 4 nitrogen and oxygen atoms in total. The maximum Gasteiger partial charge on any atom is 0.104 e. The number of nitrogens with one attached hydrogen (secondary N) is 1. The number of quaternary nitrogens is 1. The molecule has 0 fully saturated rings. The first-order chi connectivity index (χ1) is 4.00. The van der Waals surface area contributed by atoms with Crippen molar-refractivity contribution < 1.29 is 20.2 Å². The summed E-state index contributed by atoms with van der Waals surface area (Å²) < 4.78 is 0. The normalized spacial score (nSPS) is 11.1. The second-order valence-corrected chi connectivity index (χ2v) is 1.58. The van der Waals surface area contributed by atoms with E-state index in [1.54, 1.807) is 7.05 Å². The molecule has 0 saturated carbocycles. The number of carbonyl (C=O) groups excluding carboxylic acids is 1. The highest BCUT2D eigenvalue weighted by molar-refractivity contribution is 5.60. The molecular formula is C5H13NO3. The molecule has 0 radical (unpaired) electrons. The highest BCUT2D eigenvalue weighted by Crippen LogP contribution is 1.31. The van der Waals surface area contributed by atoms with Crippen LogP contribution in [0.1, 0.15) is 13.8 Å². The van der Waals surface area contributed by atoms with Gasteiger partial charge in [-0.05, 0) is 13.8 Å². The first-order valence-corrected chi connectivity index (χ1v) is 2.69. The lowest BCUT2D eigenvalue weighted by Crippen LogP contribution is -3.06. The highest BCUT2D eigenvalue weighted by Gasteiger charge is 1.79. The van der Waals surface area contributed by atoms with Gasteiger partial charge in [-0.2, -0.15) is 5.06 Å². The van der Waals surface area contributed by atoms with Crippen LogP contribution in [0.2, 0.25) is 0 Å². The molecule has 56 valence electrons. The van der Waals surface area contributed by atoms with Gasteiger partial charge in [0.05, 0.1) is 7.05 Å². The molecule has 0 rings (SSSR count). The summed E-state index contributed by atoms with van der Waals surface area (Å²) in [7, 11) is 1.69. The minimum absolute atomic E-state index is 0.505. The third-order valence-corrected chi connectivity index (χ3v) is 0.512. The van der Waals surface area contributed by atoms with Gasteiger partial charge in [-0.3, -0.25) is 0 Å². The number of aliphatic carboxylic acids is 1. The molecular weight excluding hydrogens is 122 g/mol. The van der Waals surface area contributed by atoms with Crippen molar-refractivity contribution in [3.8, 4) is 0 Å². The predicted molar refractivity (Wildman–Crippen MR) is 29.9 cm³/mol. The molecule has 0 saturated heterocycles. The Morgan fingerprint density at radius 1 is 1.78 bits per heavy atom. The van der Waals surface area contributed by atoms with Crippen LogP contribution in [0, 0.1) is 0 Å². The monoisotopic (exact) mass is 135 g/mol. The van der Waals surface area contributed by atoms with Crippen molar-refractivity contribution in [3.05, 3.63) is 0 Å². The zero-order valence-electron chi connectivity index (χ0n) is 5.97. The standard InChI is InChI=1S/C3H9NO.C2H4O2/c1-3-4(2)5;1-2(3)4/h5H,3H2,1-2H3;1H3,(H,3,4). The molecule has 0 aliphatic carbocycles. The quantitative estimate of drug-likeness (QED) is 0.396. The Morgan fingerprint density at radius 2 is 1.89 bits per heavy atom. The maximum atomic E-state index is 8.89. The number of rotatable bonds is 1. The van der Waals surface area contributed by atoms with Gasteiger partial charge in [0.15, 0.2) is 0 Å². The van der Waals surface area contributed by atoms with Crippen molar-refractivity contribution >= 4 is 5.97 Å². The number of carboxylic acids is 1. The summed E-state index contributed by atoms with van der Waals surface area (Å²) in [6.45, 7) is 3.66. The summed E-state index contributed by atoms with van der Waals surface area (Å²) >= 11 is 0. The largest absolute Gasteiger partial charge is 0.550 e. The lowest BCUT2D eigenvalue weighted by molar-refractivity contribution is -1.07. The summed E-state index contributed by atoms with van der Waals surface area (Å²) in [5, 5.41) is 17.7. The number of hydrogen-bond donors (Lipinski definition) is 2. The van der Waals surface area contributed by atoms with Crippen molar-refractivity contribution in [2.75, 3.05) is 13.6 Å². The molecule has 1 unspecified atom stereocenters. The fraction of sp³-hybridized carbons (Fsp3) is 0.800. The molecule has 0 heterocycles. The van der Waals surface area contributed by atoms with Crippen molar-refractivity contribution in [2.24, 2.45) is 0 Å². The fourth-order valence-electron chi connectivity index (χ4n) is 0. The molecule has 0 amide bonds. The van der Waals surface area contributed by atoms with Gasteiger partial charge in [-0.15, -0.1) is 0 Å². The van der Waals surface area contributed by atoms with Gasteiger partial charge in [0, 0.05) is 5.97 Å². The highest BCUT2D eigenvalue weighted by atomic mass is 16.5. The van der Waals surface area contributed by atoms with Crippen LogP contribution in [0.3, 0.4) is 0 Å². The van der Waals surface area contributed by atoms with Crippen molar-refractivity contribution in [2.45, 2.75) is 13.8 Å². The van der Waals surface area contributed by atoms with E-state index < -0.39 is 5.97 Å². The average molecular weight is 135 g/mol. The van der Waals surface area contributed by atoms with E-state index in [9.17, 15) is 0 Å². The zero-order valence-corrected chi connectivity index (χ0v) is 5.97. The number of carbonyl (C=O) groups is 1. The Bertz CT molecular complexity index is 68.6. The Kier molecular flexibility index (Phi) is 9.21. The van der Waals surface area contributed by atoms with Crippen LogP contribution in [0.4, 0.5) is 0 Å². The number of carboxylic acid groups (broad SMARTS) is 1. The molecule has 0 aromatic rings. The third-order valence-electron chi connectivity index (χ3n) is 0.512. The summed E-state index contributed by atoms with van der Waals surface area (Å²) in [5.74, 6) is -1.08. The Hall–Kier alpha value is -0.610. The summed E-state index contributed by atoms with van der Waals surface area (Å²) in [6.07, 6.45) is 0. The first kappa shape index (κ1) is 11.2. The summed E-state index contributed by atoms with van der Waals surface area (Å²) in [4.78, 5) is 8.89. The Labute approximate surface area is 54.7 Å². The van der Waals surface area contributed by atoms with Gasteiger partial charge in [-0.1, -0.05) is 0 Å². The molecule has 0 aliphatic heterocycles. The van der Waals surface area contributed by atoms with Crippen LogP contribution in [0.15, 0.2) is 0 Å². The van der Waals surface area contributed by atoms with Gasteiger partial charge >= 0.3 is 0 Å². The van der Waals surface area contributed by atoms with Crippen molar-refractivity contribution in [1.29, 1.82) is 0 Å². The molecule has 1 atom stereocenters. The second kappa shape index (κ2) is 7.39. The lowest BCUT2D eigenvalue weighted by Gasteiger charge is -1.93. The van der Waals surface area contributed by atoms with Crippen molar-refractivity contribution in [3.63, 3.8) is 0 Å². The minimum atomic E-state index is -1.08. The van der Waals surface area contributed by atoms with E-state index in [1.165, 1.54) is 0 Å². The smallest absolute Gasteiger partial charge is 0.104 e. The lowest BCUT2D eigenvalue weighted by atomic mass is 10.8. The number of hydrogen-bond acceptors (Lipinski definition) is 3. The van der Waals surface area contributed by atoms with E-state index in [2.05, 4.69) is 0 Å². The van der Waals surface area contributed by atoms with Gasteiger partial charge in [0.1, 0.15) is 6.54 Å². The van der Waals surface area contributed by atoms with Gasteiger partial charge < -0.3 is 9.90 Å². The molecule has 9 heavy (non-hydrogen) atoms. The van der Waals surface area contributed by atoms with Crippen LogP contribution in [0.5, 0.6) is 0 Å². The van der Waals surface area contributed by atoms with Gasteiger partial charge in [-0.25, -0.2) is 5.21 Å². The van der Waals surface area contributed by atoms with Gasteiger partial charge in [0.2, 0.25) is 0 Å². The molecule has 0 aromatic carbocycles. The zero-order chi connectivity index (χ0) is 7.86. The average Bonchev–Trinajstić information content (AvgIpc) is 1.65. The molecule has 2 N–H and O–H groups in total. The Balaban J connectivity index is 0. The molecule has 0 bridgehead atoms. The predicted octanol–water partition coefficient (Wildman–Crippen LogP) is -2.33. The SMILES string of the molecule is CC(=O)[O-].CC[NH+](C)O. The topological polar surface area (TPSA) is 64.8 Å². The third kappa shape index (κ3) is 111. The summed E-state index contributed by atoms with van der Waals surface area (Å²) in [5.41, 5.74) is 0. The van der Waals surface area contributed by atoms with E-state index in [1.807, 2.05) is 6.92 Å². The van der Waals surface area contributed by atoms with Crippen LogP contribution in [-0.4, -0.2) is 24.8 Å². The molecule has 0 aromatic heterocycles. The second-order valence-electron chi connectivity index (χ2n) is 1.58. The van der Waals surface area contributed by atoms with Crippen LogP contribution >= 0.6 is 0 Å². The fourth-order valence-corrected chi connectivity index (χ4v) is 0. The van der Waals surface area contributed by atoms with E-state index in [0.717, 1.165) is 13.5 Å². The van der Waals surface area contributed by atoms with Crippen molar-refractivity contribution in [1.82, 2.24) is 0 Å². The van der Waals surface area contributed by atoms with Gasteiger partial charge in [0.25, 0.3) is 0 Å². The van der Waals surface area contributed by atoms with E-state index in [4.69, 9.17) is 15.1 Å². The Morgan fingerprint density at radius 3 is 1.89 bits per heavy atom.